The van der Waals surface area contributed by atoms with Crippen molar-refractivity contribution in [2.75, 3.05) is 30.3 Å². The van der Waals surface area contributed by atoms with Gasteiger partial charge in [0.05, 0.1) is 5.92 Å². The van der Waals surface area contributed by atoms with Crippen LogP contribution in [0.15, 0.2) is 60.8 Å². The molecule has 2 amide bonds. The summed E-state index contributed by atoms with van der Waals surface area (Å²) < 4.78 is 0. The van der Waals surface area contributed by atoms with E-state index in [9.17, 15) is 9.59 Å². The van der Waals surface area contributed by atoms with Gasteiger partial charge < -0.3 is 10.6 Å². The first kappa shape index (κ1) is 23.9. The summed E-state index contributed by atoms with van der Waals surface area (Å²) in [6.07, 6.45) is 10.0. The largest absolute Gasteiger partial charge is 0.309 e. The van der Waals surface area contributed by atoms with E-state index in [-0.39, 0.29) is 17.7 Å². The summed E-state index contributed by atoms with van der Waals surface area (Å²) in [6.45, 7) is 4.89. The van der Waals surface area contributed by atoms with Crippen molar-refractivity contribution in [1.29, 1.82) is 0 Å². The van der Waals surface area contributed by atoms with Crippen molar-refractivity contribution >= 4 is 23.5 Å². The second-order valence-electron chi connectivity index (χ2n) is 9.65. The van der Waals surface area contributed by atoms with Crippen LogP contribution in [0.3, 0.4) is 0 Å². The lowest BCUT2D eigenvalue weighted by Crippen LogP contribution is -2.19. The third kappa shape index (κ3) is 6.07. The van der Waals surface area contributed by atoms with E-state index in [1.165, 1.54) is 25.7 Å². The molecule has 5 rings (SSSR count). The number of anilines is 2. The van der Waals surface area contributed by atoms with Crippen LogP contribution in [0.2, 0.25) is 0 Å². The fourth-order valence-corrected chi connectivity index (χ4v) is 4.46. The number of pyridine rings is 1. The molecule has 1 atom stereocenters. The molecular weight excluding hydrogens is 452 g/mol. The number of amides is 2. The Balaban J connectivity index is 1.17. The van der Waals surface area contributed by atoms with Gasteiger partial charge in [-0.15, -0.1) is 0 Å². The molecule has 1 unspecified atom stereocenters. The molecule has 3 N–H and O–H groups in total. The first-order chi connectivity index (χ1) is 17.5. The van der Waals surface area contributed by atoms with Gasteiger partial charge in [0, 0.05) is 42.1 Å². The minimum Gasteiger partial charge on any atom is -0.309 e. The van der Waals surface area contributed by atoms with Gasteiger partial charge in [-0.2, -0.15) is 5.10 Å². The minimum atomic E-state index is -0.343. The lowest BCUT2D eigenvalue weighted by Gasteiger charge is -2.13. The highest BCUT2D eigenvalue weighted by Crippen LogP contribution is 2.39. The molecule has 8 nitrogen and oxygen atoms in total. The van der Waals surface area contributed by atoms with E-state index in [0.29, 0.717) is 17.6 Å². The van der Waals surface area contributed by atoms with Gasteiger partial charge in [0.2, 0.25) is 11.8 Å². The third-order valence-corrected chi connectivity index (χ3v) is 6.83. The number of nitrogens with one attached hydrogen (secondary N) is 3. The highest BCUT2D eigenvalue weighted by atomic mass is 16.2. The lowest BCUT2D eigenvalue weighted by molar-refractivity contribution is -0.117. The average molecular weight is 485 g/mol. The SMILES string of the molecule is CC(C(=O)Nc1cc(C2CC2)[nH]n1)c1cccc(-c2ccc(NC(=O)/C=C/CN3CCCC3)nc2)c1. The summed E-state index contributed by atoms with van der Waals surface area (Å²) in [5, 5.41) is 13.0. The fourth-order valence-electron chi connectivity index (χ4n) is 4.46. The van der Waals surface area contributed by atoms with Crippen LogP contribution in [-0.4, -0.2) is 51.5 Å². The van der Waals surface area contributed by atoms with E-state index in [4.69, 9.17) is 0 Å². The number of rotatable bonds is 9. The number of hydrogen-bond acceptors (Lipinski definition) is 5. The van der Waals surface area contributed by atoms with E-state index < -0.39 is 0 Å². The zero-order valence-electron chi connectivity index (χ0n) is 20.5. The standard InChI is InChI=1S/C28H32N6O2/c1-19(28(36)31-26-17-24(32-33-26)20-9-10-20)21-6-4-7-22(16-21)23-11-12-25(29-18-23)30-27(35)8-5-15-34-13-2-3-14-34/h4-8,11-12,16-20H,2-3,9-10,13-15H2,1H3,(H,29,30,35)(H2,31,32,33,36)/b8-5+. The number of benzene rings is 1. The monoisotopic (exact) mass is 484 g/mol. The Morgan fingerprint density at radius 2 is 1.92 bits per heavy atom. The molecule has 1 saturated carbocycles. The number of hydrogen-bond donors (Lipinski definition) is 3. The number of nitrogens with zero attached hydrogens (tertiary/aromatic N) is 3. The molecule has 1 aromatic carbocycles. The van der Waals surface area contributed by atoms with E-state index in [0.717, 1.165) is 42.0 Å². The minimum absolute atomic E-state index is 0.102. The molecule has 0 radical (unpaired) electrons. The lowest BCUT2D eigenvalue weighted by atomic mass is 9.96. The van der Waals surface area contributed by atoms with Crippen molar-refractivity contribution in [3.63, 3.8) is 0 Å². The van der Waals surface area contributed by atoms with Crippen molar-refractivity contribution in [1.82, 2.24) is 20.1 Å². The molecule has 36 heavy (non-hydrogen) atoms. The predicted octanol–water partition coefficient (Wildman–Crippen LogP) is 4.68. The Bertz CT molecular complexity index is 1240. The highest BCUT2D eigenvalue weighted by Gasteiger charge is 2.26. The summed E-state index contributed by atoms with van der Waals surface area (Å²) >= 11 is 0. The quantitative estimate of drug-likeness (QED) is 0.383. The van der Waals surface area contributed by atoms with Crippen molar-refractivity contribution in [2.24, 2.45) is 0 Å². The molecule has 8 heteroatoms. The second-order valence-corrected chi connectivity index (χ2v) is 9.65. The Labute approximate surface area is 211 Å². The maximum absolute atomic E-state index is 12.8. The van der Waals surface area contributed by atoms with Crippen LogP contribution >= 0.6 is 0 Å². The van der Waals surface area contributed by atoms with Crippen LogP contribution in [0.5, 0.6) is 0 Å². The Hall–Kier alpha value is -3.78. The average Bonchev–Trinajstić information content (AvgIpc) is 3.41. The van der Waals surface area contributed by atoms with Crippen LogP contribution < -0.4 is 10.6 Å². The molecule has 3 aromatic rings. The summed E-state index contributed by atoms with van der Waals surface area (Å²) in [6, 6.07) is 13.5. The molecule has 2 aromatic heterocycles. The van der Waals surface area contributed by atoms with Gasteiger partial charge in [-0.1, -0.05) is 30.3 Å². The van der Waals surface area contributed by atoms with Crippen molar-refractivity contribution in [3.05, 3.63) is 72.1 Å². The van der Waals surface area contributed by atoms with Crippen LogP contribution in [-0.2, 0) is 9.59 Å². The Morgan fingerprint density at radius 3 is 2.67 bits per heavy atom. The first-order valence-corrected chi connectivity index (χ1v) is 12.7. The van der Waals surface area contributed by atoms with Crippen LogP contribution in [0.1, 0.15) is 55.7 Å². The van der Waals surface area contributed by atoms with Gasteiger partial charge in [0.1, 0.15) is 5.82 Å². The summed E-state index contributed by atoms with van der Waals surface area (Å²) in [5.74, 6) is 1.000. The number of H-pyrrole nitrogens is 1. The van der Waals surface area contributed by atoms with Crippen molar-refractivity contribution in [2.45, 2.75) is 44.4 Å². The van der Waals surface area contributed by atoms with Gasteiger partial charge in [-0.05, 0) is 69.0 Å². The summed E-state index contributed by atoms with van der Waals surface area (Å²) in [7, 11) is 0. The van der Waals surface area contributed by atoms with Crippen LogP contribution in [0, 0.1) is 0 Å². The zero-order valence-corrected chi connectivity index (χ0v) is 20.5. The number of likely N-dealkylation sites (tertiary alicyclic amines) is 1. The molecule has 0 bridgehead atoms. The zero-order chi connectivity index (χ0) is 24.9. The van der Waals surface area contributed by atoms with E-state index in [2.05, 4.69) is 30.7 Å². The van der Waals surface area contributed by atoms with Crippen LogP contribution in [0.25, 0.3) is 11.1 Å². The number of aromatic amines is 1. The molecule has 3 heterocycles. The topological polar surface area (TPSA) is 103 Å². The van der Waals surface area contributed by atoms with Gasteiger partial charge in [-0.3, -0.25) is 19.6 Å². The normalized spacial score (nSPS) is 16.8. The molecule has 1 saturated heterocycles. The molecule has 2 fully saturated rings. The van der Waals surface area contributed by atoms with Crippen LogP contribution in [0.4, 0.5) is 11.6 Å². The van der Waals surface area contributed by atoms with Gasteiger partial charge >= 0.3 is 0 Å². The van der Waals surface area contributed by atoms with E-state index >= 15 is 0 Å². The van der Waals surface area contributed by atoms with E-state index in [1.807, 2.05) is 49.4 Å². The van der Waals surface area contributed by atoms with Gasteiger partial charge in [0.25, 0.3) is 0 Å². The molecule has 0 spiro atoms. The number of aromatic nitrogens is 3. The van der Waals surface area contributed by atoms with Gasteiger partial charge in [-0.25, -0.2) is 4.98 Å². The predicted molar refractivity (Wildman–Crippen MR) is 141 cm³/mol. The van der Waals surface area contributed by atoms with E-state index in [1.54, 1.807) is 18.3 Å². The molecule has 2 aliphatic rings. The van der Waals surface area contributed by atoms with Crippen molar-refractivity contribution in [3.8, 4) is 11.1 Å². The molecule has 1 aliphatic carbocycles. The highest BCUT2D eigenvalue weighted by molar-refractivity contribution is 5.98. The van der Waals surface area contributed by atoms with Crippen molar-refractivity contribution < 1.29 is 9.59 Å². The Morgan fingerprint density at radius 1 is 1.08 bits per heavy atom. The smallest absolute Gasteiger partial charge is 0.249 e. The molecule has 1 aliphatic heterocycles. The number of carbonyl (C=O) groups is 2. The number of carbonyl (C=O) groups excluding carboxylic acids is 2. The third-order valence-electron chi connectivity index (χ3n) is 6.83. The Kier molecular flexibility index (Phi) is 7.23. The van der Waals surface area contributed by atoms with Gasteiger partial charge in [0.15, 0.2) is 5.82 Å². The first-order valence-electron chi connectivity index (χ1n) is 12.7. The second kappa shape index (κ2) is 10.9. The fraction of sp³-hybridized carbons (Fsp3) is 0.357. The molecular formula is C28H32N6O2. The molecule has 186 valence electrons. The summed E-state index contributed by atoms with van der Waals surface area (Å²) in [5.41, 5.74) is 3.86. The summed E-state index contributed by atoms with van der Waals surface area (Å²) in [4.78, 5) is 31.8. The maximum atomic E-state index is 12.8. The maximum Gasteiger partial charge on any atom is 0.249 e.